The molecule has 0 aliphatic carbocycles. The molecule has 0 atom stereocenters. The molecule has 0 spiro atoms. The molecule has 0 bridgehead atoms. The highest BCUT2D eigenvalue weighted by atomic mass is 16.5. The molecule has 2 rings (SSSR count). The molecule has 0 unspecified atom stereocenters. The highest BCUT2D eigenvalue weighted by Gasteiger charge is 2.09. The molecule has 0 saturated carbocycles. The Morgan fingerprint density at radius 1 is 1.15 bits per heavy atom. The third kappa shape index (κ3) is 6.29. The van der Waals surface area contributed by atoms with Crippen molar-refractivity contribution in [3.8, 4) is 5.75 Å². The molecule has 1 aromatic heterocycles. The first-order valence-corrected chi connectivity index (χ1v) is 9.27. The molecular formula is C20H31N5O2. The molecule has 1 aromatic carbocycles. The van der Waals surface area contributed by atoms with Crippen LogP contribution in [0, 0.1) is 13.8 Å². The Kier molecular flexibility index (Phi) is 8.13. The zero-order chi connectivity index (χ0) is 19.6. The fourth-order valence-corrected chi connectivity index (χ4v) is 2.69. The number of nitrogens with one attached hydrogen (secondary N) is 2. The van der Waals surface area contributed by atoms with E-state index in [1.807, 2.05) is 42.9 Å². The second-order valence-electron chi connectivity index (χ2n) is 6.31. The van der Waals surface area contributed by atoms with E-state index in [-0.39, 0.29) is 0 Å². The Morgan fingerprint density at radius 3 is 2.48 bits per heavy atom. The number of hydrogen-bond acceptors (Lipinski definition) is 4. The van der Waals surface area contributed by atoms with Crippen molar-refractivity contribution in [2.75, 3.05) is 26.9 Å². The Labute approximate surface area is 161 Å². The fraction of sp³-hybridized carbons (Fsp3) is 0.500. The maximum Gasteiger partial charge on any atom is 0.191 e. The standard InChI is InChI=1S/C20H31N5O2/c1-6-21-20(23-14-19-15(2)24-25(4)16(19)3)22-13-17-7-9-18(10-8-17)27-12-11-26-5/h7-10H,6,11-14H2,1-5H3,(H2,21,22,23). The van der Waals surface area contributed by atoms with Crippen molar-refractivity contribution in [2.24, 2.45) is 12.0 Å². The summed E-state index contributed by atoms with van der Waals surface area (Å²) < 4.78 is 12.5. The quantitative estimate of drug-likeness (QED) is 0.401. The SMILES string of the molecule is CCNC(=NCc1ccc(OCCOC)cc1)NCc1c(C)nn(C)c1C. The first kappa shape index (κ1) is 20.8. The van der Waals surface area contributed by atoms with Gasteiger partial charge in [0.1, 0.15) is 12.4 Å². The first-order valence-electron chi connectivity index (χ1n) is 9.27. The number of aromatic nitrogens is 2. The van der Waals surface area contributed by atoms with Crippen molar-refractivity contribution in [3.05, 3.63) is 46.8 Å². The van der Waals surface area contributed by atoms with Gasteiger partial charge in [-0.25, -0.2) is 4.99 Å². The fourth-order valence-electron chi connectivity index (χ4n) is 2.69. The van der Waals surface area contributed by atoms with E-state index >= 15 is 0 Å². The van der Waals surface area contributed by atoms with Gasteiger partial charge in [0.05, 0.1) is 18.8 Å². The number of benzene rings is 1. The zero-order valence-electron chi connectivity index (χ0n) is 17.0. The Morgan fingerprint density at radius 2 is 1.89 bits per heavy atom. The molecule has 7 heteroatoms. The number of aliphatic imine (C=N–C) groups is 1. The van der Waals surface area contributed by atoms with E-state index < -0.39 is 0 Å². The van der Waals surface area contributed by atoms with Gasteiger partial charge in [-0.1, -0.05) is 12.1 Å². The monoisotopic (exact) mass is 373 g/mol. The predicted octanol–water partition coefficient (Wildman–Crippen LogP) is 2.32. The molecule has 0 aliphatic heterocycles. The van der Waals surface area contributed by atoms with E-state index in [4.69, 9.17) is 9.47 Å². The van der Waals surface area contributed by atoms with E-state index in [0.717, 1.165) is 29.5 Å². The number of methoxy groups -OCH3 is 1. The van der Waals surface area contributed by atoms with Gasteiger partial charge < -0.3 is 20.1 Å². The highest BCUT2D eigenvalue weighted by Crippen LogP contribution is 2.13. The minimum atomic E-state index is 0.551. The summed E-state index contributed by atoms with van der Waals surface area (Å²) in [6.45, 7) is 9.41. The summed E-state index contributed by atoms with van der Waals surface area (Å²) >= 11 is 0. The number of aryl methyl sites for hydroxylation is 2. The largest absolute Gasteiger partial charge is 0.491 e. The summed E-state index contributed by atoms with van der Waals surface area (Å²) in [5, 5.41) is 11.1. The van der Waals surface area contributed by atoms with Gasteiger partial charge in [-0.3, -0.25) is 4.68 Å². The molecule has 2 N–H and O–H groups in total. The normalized spacial score (nSPS) is 11.5. The topological polar surface area (TPSA) is 72.7 Å². The van der Waals surface area contributed by atoms with E-state index in [1.54, 1.807) is 7.11 Å². The zero-order valence-corrected chi connectivity index (χ0v) is 17.0. The smallest absolute Gasteiger partial charge is 0.191 e. The maximum atomic E-state index is 5.58. The van der Waals surface area contributed by atoms with Gasteiger partial charge in [0, 0.05) is 38.5 Å². The number of nitrogens with zero attached hydrogens (tertiary/aromatic N) is 3. The van der Waals surface area contributed by atoms with Crippen molar-refractivity contribution in [3.63, 3.8) is 0 Å². The molecule has 2 aromatic rings. The number of hydrogen-bond donors (Lipinski definition) is 2. The summed E-state index contributed by atoms with van der Waals surface area (Å²) in [5.41, 5.74) is 4.54. The van der Waals surface area contributed by atoms with Gasteiger partial charge in [-0.2, -0.15) is 5.10 Å². The van der Waals surface area contributed by atoms with Crippen LogP contribution in [0.25, 0.3) is 0 Å². The van der Waals surface area contributed by atoms with Crippen LogP contribution >= 0.6 is 0 Å². The van der Waals surface area contributed by atoms with Crippen LogP contribution in [0.1, 0.15) is 29.4 Å². The van der Waals surface area contributed by atoms with Crippen molar-refractivity contribution in [1.82, 2.24) is 20.4 Å². The lowest BCUT2D eigenvalue weighted by Crippen LogP contribution is -2.37. The van der Waals surface area contributed by atoms with Gasteiger partial charge in [0.25, 0.3) is 0 Å². The Hall–Kier alpha value is -2.54. The third-order valence-corrected chi connectivity index (χ3v) is 4.33. The average molecular weight is 374 g/mol. The lowest BCUT2D eigenvalue weighted by Gasteiger charge is -2.12. The van der Waals surface area contributed by atoms with E-state index in [0.29, 0.717) is 26.3 Å². The predicted molar refractivity (Wildman–Crippen MR) is 108 cm³/mol. The van der Waals surface area contributed by atoms with Crippen LogP contribution in [0.3, 0.4) is 0 Å². The maximum absolute atomic E-state index is 5.58. The van der Waals surface area contributed by atoms with Crippen molar-refractivity contribution < 1.29 is 9.47 Å². The molecule has 27 heavy (non-hydrogen) atoms. The second kappa shape index (κ2) is 10.6. The molecule has 0 radical (unpaired) electrons. The molecule has 148 valence electrons. The van der Waals surface area contributed by atoms with E-state index in [9.17, 15) is 0 Å². The summed E-state index contributed by atoms with van der Waals surface area (Å²) in [7, 11) is 3.63. The van der Waals surface area contributed by atoms with Crippen molar-refractivity contribution in [1.29, 1.82) is 0 Å². The van der Waals surface area contributed by atoms with Crippen molar-refractivity contribution in [2.45, 2.75) is 33.9 Å². The average Bonchev–Trinajstić information content (AvgIpc) is 2.90. The van der Waals surface area contributed by atoms with Crippen LogP contribution in [0.2, 0.25) is 0 Å². The lowest BCUT2D eigenvalue weighted by molar-refractivity contribution is 0.146. The van der Waals surface area contributed by atoms with Crippen LogP contribution in [0.15, 0.2) is 29.3 Å². The van der Waals surface area contributed by atoms with Crippen LogP contribution in [0.5, 0.6) is 5.75 Å². The van der Waals surface area contributed by atoms with Gasteiger partial charge in [0.2, 0.25) is 0 Å². The molecule has 7 nitrogen and oxygen atoms in total. The van der Waals surface area contributed by atoms with Crippen molar-refractivity contribution >= 4 is 5.96 Å². The lowest BCUT2D eigenvalue weighted by atomic mass is 10.2. The molecule has 0 saturated heterocycles. The number of ether oxygens (including phenoxy) is 2. The third-order valence-electron chi connectivity index (χ3n) is 4.33. The summed E-state index contributed by atoms with van der Waals surface area (Å²) in [6, 6.07) is 7.99. The Balaban J connectivity index is 1.94. The van der Waals surface area contributed by atoms with Crippen LogP contribution in [-0.4, -0.2) is 42.6 Å². The van der Waals surface area contributed by atoms with Crippen LogP contribution in [0.4, 0.5) is 0 Å². The highest BCUT2D eigenvalue weighted by molar-refractivity contribution is 5.79. The van der Waals surface area contributed by atoms with Gasteiger partial charge in [-0.15, -0.1) is 0 Å². The Bertz CT molecular complexity index is 738. The first-order chi connectivity index (χ1) is 13.0. The summed E-state index contributed by atoms with van der Waals surface area (Å²) in [6.07, 6.45) is 0. The molecule has 0 aliphatic rings. The molecular weight excluding hydrogens is 342 g/mol. The summed E-state index contributed by atoms with van der Waals surface area (Å²) in [5.74, 6) is 1.63. The number of guanidine groups is 1. The molecule has 1 heterocycles. The van der Waals surface area contributed by atoms with E-state index in [2.05, 4.69) is 34.6 Å². The van der Waals surface area contributed by atoms with E-state index in [1.165, 1.54) is 11.3 Å². The minimum Gasteiger partial charge on any atom is -0.491 e. The summed E-state index contributed by atoms with van der Waals surface area (Å²) in [4.78, 5) is 4.68. The van der Waals surface area contributed by atoms with Crippen LogP contribution in [-0.2, 0) is 24.9 Å². The van der Waals surface area contributed by atoms with Gasteiger partial charge in [-0.05, 0) is 38.5 Å². The molecule has 0 fully saturated rings. The minimum absolute atomic E-state index is 0.551. The van der Waals surface area contributed by atoms with Gasteiger partial charge >= 0.3 is 0 Å². The number of rotatable bonds is 9. The van der Waals surface area contributed by atoms with Gasteiger partial charge in [0.15, 0.2) is 5.96 Å². The second-order valence-corrected chi connectivity index (χ2v) is 6.31. The molecule has 0 amide bonds. The van der Waals surface area contributed by atoms with Crippen LogP contribution < -0.4 is 15.4 Å².